The van der Waals surface area contributed by atoms with E-state index in [-0.39, 0.29) is 5.41 Å². The fourth-order valence-electron chi connectivity index (χ4n) is 1.65. The highest BCUT2D eigenvalue weighted by atomic mass is 16.6. The van der Waals surface area contributed by atoms with Gasteiger partial charge >= 0.3 is 12.4 Å². The zero-order valence-electron chi connectivity index (χ0n) is 12.6. The van der Waals surface area contributed by atoms with Crippen molar-refractivity contribution in [2.75, 3.05) is 6.61 Å². The lowest BCUT2D eigenvalue weighted by Gasteiger charge is -2.29. The van der Waals surface area contributed by atoms with Gasteiger partial charge in [-0.25, -0.2) is 5.32 Å². The van der Waals surface area contributed by atoms with Crippen LogP contribution in [0.5, 0.6) is 0 Å². The Morgan fingerprint density at radius 2 is 1.95 bits per heavy atom. The van der Waals surface area contributed by atoms with Crippen LogP contribution in [-0.2, 0) is 9.53 Å². The number of carbonyl (C=O) groups is 1. The molecule has 0 aliphatic carbocycles. The molecular formula is C14H28NO4+. The van der Waals surface area contributed by atoms with Gasteiger partial charge in [0.15, 0.2) is 0 Å². The van der Waals surface area contributed by atoms with Gasteiger partial charge in [-0.1, -0.05) is 40.7 Å². The summed E-state index contributed by atoms with van der Waals surface area (Å²) in [6.45, 7) is 13.5. The molecule has 2 atom stereocenters. The highest BCUT2D eigenvalue weighted by molar-refractivity contribution is 5.74. The zero-order valence-corrected chi connectivity index (χ0v) is 12.6. The molecule has 0 saturated heterocycles. The normalized spacial score (nSPS) is 15.9. The number of hydrogen-bond acceptors (Lipinski definition) is 3. The molecule has 112 valence electrons. The van der Waals surface area contributed by atoms with Crippen LogP contribution in [0.1, 0.15) is 41.0 Å². The second-order valence-electron chi connectivity index (χ2n) is 6.65. The summed E-state index contributed by atoms with van der Waals surface area (Å²) in [6, 6.07) is -0.822. The molecule has 0 rings (SSSR count). The molecule has 0 aromatic heterocycles. The molecule has 0 aliphatic rings. The van der Waals surface area contributed by atoms with E-state index in [9.17, 15) is 4.79 Å². The predicted octanol–water partition coefficient (Wildman–Crippen LogP) is 1.70. The van der Waals surface area contributed by atoms with Crippen LogP contribution in [0, 0.1) is 10.8 Å². The summed E-state index contributed by atoms with van der Waals surface area (Å²) in [7, 11) is 0. The smallest absolute Gasteiger partial charge is 0.328 e. The van der Waals surface area contributed by atoms with Crippen LogP contribution in [-0.4, -0.2) is 35.2 Å². The van der Waals surface area contributed by atoms with Gasteiger partial charge in [0.05, 0.1) is 6.61 Å². The topological polar surface area (TPSA) is 81.5 Å². The van der Waals surface area contributed by atoms with Crippen LogP contribution in [0.4, 0.5) is 0 Å². The minimum Gasteiger partial charge on any atom is -0.480 e. The Bertz CT molecular complexity index is 307. The first kappa shape index (κ1) is 18.1. The van der Waals surface area contributed by atoms with E-state index >= 15 is 0 Å². The van der Waals surface area contributed by atoms with Gasteiger partial charge in [-0.2, -0.15) is 0 Å². The molecule has 4 N–H and O–H groups in total. The maximum Gasteiger partial charge on any atom is 0.328 e. The fraction of sp³-hybridized carbons (Fsp3) is 0.786. The predicted molar refractivity (Wildman–Crippen MR) is 76.0 cm³/mol. The molecule has 0 fully saturated rings. The van der Waals surface area contributed by atoms with Crippen molar-refractivity contribution in [3.8, 4) is 0 Å². The minimum atomic E-state index is -1.05. The Balaban J connectivity index is 4.40. The van der Waals surface area contributed by atoms with Crippen molar-refractivity contribution < 1.29 is 19.7 Å². The van der Waals surface area contributed by atoms with E-state index in [0.29, 0.717) is 6.61 Å². The van der Waals surface area contributed by atoms with Crippen LogP contribution >= 0.6 is 0 Å². The van der Waals surface area contributed by atoms with Crippen molar-refractivity contribution in [3.05, 3.63) is 12.7 Å². The van der Waals surface area contributed by atoms with Crippen molar-refractivity contribution in [3.63, 3.8) is 0 Å². The van der Waals surface area contributed by atoms with E-state index in [1.807, 2.05) is 40.7 Å². The number of aliphatic carboxylic acids is 1. The van der Waals surface area contributed by atoms with Crippen LogP contribution < -0.4 is 5.32 Å². The largest absolute Gasteiger partial charge is 0.480 e. The summed E-state index contributed by atoms with van der Waals surface area (Å²) in [6.07, 6.45) is 1.54. The van der Waals surface area contributed by atoms with Gasteiger partial charge in [0, 0.05) is 0 Å². The molecule has 0 aromatic carbocycles. The molecule has 5 heteroatoms. The molecule has 0 heterocycles. The number of nitrogens with one attached hydrogen (secondary N) is 1. The highest BCUT2D eigenvalue weighted by Gasteiger charge is 2.34. The molecule has 0 saturated carbocycles. The summed E-state index contributed by atoms with van der Waals surface area (Å²) in [5.74, 6) is -0.973. The van der Waals surface area contributed by atoms with Crippen molar-refractivity contribution in [2.24, 2.45) is 10.8 Å². The minimum absolute atomic E-state index is 0.108. The second kappa shape index (κ2) is 7.03. The first-order valence-corrected chi connectivity index (χ1v) is 6.42. The van der Waals surface area contributed by atoms with Crippen LogP contribution in [0.25, 0.3) is 0 Å². The Morgan fingerprint density at radius 1 is 1.42 bits per heavy atom. The van der Waals surface area contributed by atoms with Gasteiger partial charge in [-0.05, 0) is 17.3 Å². The molecule has 5 nitrogen and oxygen atoms in total. The Hall–Kier alpha value is -0.910. The van der Waals surface area contributed by atoms with Crippen molar-refractivity contribution in [1.82, 2.24) is 5.32 Å². The summed E-state index contributed by atoms with van der Waals surface area (Å²) in [5, 5.41) is 19.6. The molecule has 0 bridgehead atoms. The van der Waals surface area contributed by atoms with Crippen LogP contribution in [0.3, 0.4) is 0 Å². The van der Waals surface area contributed by atoms with Gasteiger partial charge < -0.3 is 10.2 Å². The quantitative estimate of drug-likeness (QED) is 0.401. The standard InChI is InChI=1S/C14H27NO4/c1-7-8-14(5,6)9-19-12(18)15-10(11(16)17)13(2,3)4/h7,10,12,15,18H,1,8-9H2,2-6H3,(H,16,17)/p+1/t10-,12?/m1/s1. The SMILES string of the molecule is C=CCC(C)(C)COC([OH2+])N[C@H](C(=O)O)C(C)(C)C. The van der Waals surface area contributed by atoms with Crippen LogP contribution in [0.2, 0.25) is 0 Å². The molecule has 0 radical (unpaired) electrons. The second-order valence-corrected chi connectivity index (χ2v) is 6.65. The molecule has 1 unspecified atom stereocenters. The third kappa shape index (κ3) is 7.30. The lowest BCUT2D eigenvalue weighted by Crippen LogP contribution is -2.52. The number of hydrogen-bond donors (Lipinski definition) is 2. The van der Waals surface area contributed by atoms with Gasteiger partial charge in [0.2, 0.25) is 0 Å². The van der Waals surface area contributed by atoms with Gasteiger partial charge in [0.25, 0.3) is 0 Å². The number of ether oxygens (including phenoxy) is 1. The summed E-state index contributed by atoms with van der Waals surface area (Å²) in [4.78, 5) is 11.2. The number of carboxylic acid groups (broad SMARTS) is 1. The zero-order chi connectivity index (χ0) is 15.3. The number of allylic oxidation sites excluding steroid dienone is 1. The Labute approximate surface area is 115 Å². The van der Waals surface area contributed by atoms with E-state index < -0.39 is 23.8 Å². The van der Waals surface area contributed by atoms with Crippen molar-refractivity contribution in [1.29, 1.82) is 0 Å². The van der Waals surface area contributed by atoms with E-state index in [1.54, 1.807) is 0 Å². The third-order valence-corrected chi connectivity index (χ3v) is 2.77. The van der Waals surface area contributed by atoms with Gasteiger partial charge in [-0.15, -0.1) is 6.58 Å². The average Bonchev–Trinajstić information content (AvgIpc) is 2.21. The average molecular weight is 274 g/mol. The molecular weight excluding hydrogens is 246 g/mol. The third-order valence-electron chi connectivity index (χ3n) is 2.77. The van der Waals surface area contributed by atoms with E-state index in [1.165, 1.54) is 0 Å². The molecule has 19 heavy (non-hydrogen) atoms. The maximum atomic E-state index is 11.2. The van der Waals surface area contributed by atoms with E-state index in [0.717, 1.165) is 6.42 Å². The highest BCUT2D eigenvalue weighted by Crippen LogP contribution is 2.22. The summed E-state index contributed by atoms with van der Waals surface area (Å²) < 4.78 is 5.38. The fourth-order valence-corrected chi connectivity index (χ4v) is 1.65. The summed E-state index contributed by atoms with van der Waals surface area (Å²) >= 11 is 0. The lowest BCUT2D eigenvalue weighted by molar-refractivity contribution is -0.164. The van der Waals surface area contributed by atoms with Gasteiger partial charge in [0.1, 0.15) is 6.04 Å². The van der Waals surface area contributed by atoms with E-state index in [4.69, 9.17) is 14.9 Å². The molecule has 0 spiro atoms. The number of rotatable bonds is 8. The monoisotopic (exact) mass is 274 g/mol. The molecule has 0 amide bonds. The summed E-state index contributed by atoms with van der Waals surface area (Å²) in [5.41, 5.74) is -0.589. The lowest BCUT2D eigenvalue weighted by atomic mass is 9.87. The van der Waals surface area contributed by atoms with Crippen molar-refractivity contribution in [2.45, 2.75) is 53.5 Å². The Morgan fingerprint density at radius 3 is 2.32 bits per heavy atom. The maximum absolute atomic E-state index is 11.2. The first-order valence-electron chi connectivity index (χ1n) is 6.42. The van der Waals surface area contributed by atoms with E-state index in [2.05, 4.69) is 11.9 Å². The Kier molecular flexibility index (Phi) is 6.69. The van der Waals surface area contributed by atoms with Crippen molar-refractivity contribution >= 4 is 5.97 Å². The van der Waals surface area contributed by atoms with Crippen LogP contribution in [0.15, 0.2) is 12.7 Å². The molecule has 0 aliphatic heterocycles. The first-order chi connectivity index (χ1) is 8.49. The number of carboxylic acids is 1. The molecule has 0 aromatic rings. The van der Waals surface area contributed by atoms with Gasteiger partial charge in [-0.3, -0.25) is 9.53 Å².